The predicted octanol–water partition coefficient (Wildman–Crippen LogP) is 4.58. The van der Waals surface area contributed by atoms with Crippen LogP contribution in [0.4, 0.5) is 11.6 Å². The number of nitrogens with zero attached hydrogens (tertiary/aromatic N) is 2. The minimum absolute atomic E-state index is 0.263. The lowest BCUT2D eigenvalue weighted by Gasteiger charge is -2.06. The van der Waals surface area contributed by atoms with E-state index in [4.69, 9.17) is 4.74 Å². The van der Waals surface area contributed by atoms with E-state index in [1.165, 1.54) is 4.90 Å². The van der Waals surface area contributed by atoms with Gasteiger partial charge in [0.2, 0.25) is 5.95 Å². The van der Waals surface area contributed by atoms with E-state index >= 15 is 0 Å². The van der Waals surface area contributed by atoms with Gasteiger partial charge in [0, 0.05) is 36.0 Å². The van der Waals surface area contributed by atoms with Crippen LogP contribution in [0.25, 0.3) is 11.0 Å². The van der Waals surface area contributed by atoms with Crippen LogP contribution in [0.2, 0.25) is 0 Å². The van der Waals surface area contributed by atoms with Gasteiger partial charge in [-0.1, -0.05) is 6.07 Å². The van der Waals surface area contributed by atoms with Crippen molar-refractivity contribution in [2.24, 2.45) is 0 Å². The number of imidazole rings is 1. The predicted molar refractivity (Wildman–Crippen MR) is 115 cm³/mol. The molecule has 0 saturated carbocycles. The van der Waals surface area contributed by atoms with Crippen molar-refractivity contribution in [1.82, 2.24) is 20.3 Å². The second kappa shape index (κ2) is 8.24. The van der Waals surface area contributed by atoms with Crippen molar-refractivity contribution in [1.29, 1.82) is 0 Å². The van der Waals surface area contributed by atoms with Gasteiger partial charge in [-0.3, -0.25) is 9.78 Å². The van der Waals surface area contributed by atoms with Crippen molar-refractivity contribution in [2.75, 3.05) is 18.6 Å². The second-order valence-corrected chi connectivity index (χ2v) is 7.06. The fraction of sp³-hybridized carbons (Fsp3) is 0.0952. The van der Waals surface area contributed by atoms with E-state index in [9.17, 15) is 4.79 Å². The van der Waals surface area contributed by atoms with E-state index in [1.54, 1.807) is 37.1 Å². The lowest BCUT2D eigenvalue weighted by atomic mass is 10.3. The summed E-state index contributed by atoms with van der Waals surface area (Å²) >= 11 is 1.69. The normalized spacial score (nSPS) is 10.7. The number of pyridine rings is 1. The first-order chi connectivity index (χ1) is 14.1. The van der Waals surface area contributed by atoms with Crippen LogP contribution in [-0.2, 0) is 0 Å². The third-order valence-electron chi connectivity index (χ3n) is 4.21. The smallest absolute Gasteiger partial charge is 0.269 e. The van der Waals surface area contributed by atoms with Crippen molar-refractivity contribution in [2.45, 2.75) is 4.90 Å². The molecule has 29 heavy (non-hydrogen) atoms. The van der Waals surface area contributed by atoms with Crippen LogP contribution in [0.1, 0.15) is 10.5 Å². The Morgan fingerprint density at radius 1 is 1.10 bits per heavy atom. The molecule has 0 atom stereocenters. The SMILES string of the molecule is CNC(=O)c1cc(Oc2ccc3nc(Nc4cccc(SC)c4)[nH]c3c2)ccn1. The van der Waals surface area contributed by atoms with Crippen LogP contribution < -0.4 is 15.4 Å². The molecule has 4 rings (SSSR count). The fourth-order valence-corrected chi connectivity index (χ4v) is 3.27. The van der Waals surface area contributed by atoms with Gasteiger partial charge in [0.05, 0.1) is 11.0 Å². The number of thioether (sulfide) groups is 1. The van der Waals surface area contributed by atoms with Gasteiger partial charge >= 0.3 is 0 Å². The molecule has 146 valence electrons. The number of amides is 1. The summed E-state index contributed by atoms with van der Waals surface area (Å²) in [6.07, 6.45) is 3.58. The molecular weight excluding hydrogens is 386 g/mol. The van der Waals surface area contributed by atoms with Gasteiger partial charge in [0.15, 0.2) is 0 Å². The van der Waals surface area contributed by atoms with Crippen LogP contribution in [-0.4, -0.2) is 34.2 Å². The molecule has 0 saturated heterocycles. The quantitative estimate of drug-likeness (QED) is 0.407. The fourth-order valence-electron chi connectivity index (χ4n) is 2.81. The van der Waals surface area contributed by atoms with E-state index < -0.39 is 0 Å². The monoisotopic (exact) mass is 405 g/mol. The number of aromatic nitrogens is 3. The molecule has 0 bridgehead atoms. The molecule has 2 aromatic carbocycles. The standard InChI is InChI=1S/C21H19N5O2S/c1-22-20(27)19-12-15(8-9-23-19)28-14-6-7-17-18(11-14)26-21(25-17)24-13-4-3-5-16(10-13)29-2/h3-12H,1-2H3,(H,22,27)(H2,24,25,26). The number of fused-ring (bicyclic) bond motifs is 1. The highest BCUT2D eigenvalue weighted by Crippen LogP contribution is 2.27. The minimum atomic E-state index is -0.263. The Morgan fingerprint density at radius 2 is 1.97 bits per heavy atom. The number of ether oxygens (including phenoxy) is 1. The highest BCUT2D eigenvalue weighted by molar-refractivity contribution is 7.98. The molecule has 2 heterocycles. The average Bonchev–Trinajstić information content (AvgIpc) is 3.15. The van der Waals surface area contributed by atoms with Crippen molar-refractivity contribution in [3.8, 4) is 11.5 Å². The molecule has 8 heteroatoms. The number of carbonyl (C=O) groups excluding carboxylic acids is 1. The largest absolute Gasteiger partial charge is 0.457 e. The number of aromatic amines is 1. The van der Waals surface area contributed by atoms with E-state index in [2.05, 4.69) is 37.7 Å². The summed E-state index contributed by atoms with van der Waals surface area (Å²) < 4.78 is 5.89. The average molecular weight is 405 g/mol. The summed E-state index contributed by atoms with van der Waals surface area (Å²) in [5, 5.41) is 5.84. The Morgan fingerprint density at radius 3 is 2.79 bits per heavy atom. The third-order valence-corrected chi connectivity index (χ3v) is 4.94. The lowest BCUT2D eigenvalue weighted by Crippen LogP contribution is -2.18. The Hall–Kier alpha value is -3.52. The zero-order valence-electron chi connectivity index (χ0n) is 15.9. The number of hydrogen-bond acceptors (Lipinski definition) is 6. The lowest BCUT2D eigenvalue weighted by molar-refractivity contribution is 0.0958. The molecule has 4 aromatic rings. The Labute approximate surface area is 171 Å². The first-order valence-electron chi connectivity index (χ1n) is 8.91. The van der Waals surface area contributed by atoms with Crippen LogP contribution in [0.3, 0.4) is 0 Å². The molecular formula is C21H19N5O2S. The number of rotatable bonds is 6. The molecule has 0 radical (unpaired) electrons. The first kappa shape index (κ1) is 18.8. The topological polar surface area (TPSA) is 91.9 Å². The molecule has 3 N–H and O–H groups in total. The number of hydrogen-bond donors (Lipinski definition) is 3. The van der Waals surface area contributed by atoms with Gasteiger partial charge in [-0.2, -0.15) is 0 Å². The maximum Gasteiger partial charge on any atom is 0.269 e. The van der Waals surface area contributed by atoms with Gasteiger partial charge in [0.25, 0.3) is 5.91 Å². The second-order valence-electron chi connectivity index (χ2n) is 6.18. The summed E-state index contributed by atoms with van der Waals surface area (Å²) in [6.45, 7) is 0. The summed E-state index contributed by atoms with van der Waals surface area (Å²) in [7, 11) is 1.56. The Kier molecular flexibility index (Phi) is 5.35. The van der Waals surface area contributed by atoms with Gasteiger partial charge in [0.1, 0.15) is 17.2 Å². The van der Waals surface area contributed by atoms with Crippen molar-refractivity contribution in [3.05, 3.63) is 66.5 Å². The van der Waals surface area contributed by atoms with E-state index in [0.717, 1.165) is 16.7 Å². The Bertz CT molecular complexity index is 1170. The highest BCUT2D eigenvalue weighted by Gasteiger charge is 2.09. The first-order valence-corrected chi connectivity index (χ1v) is 10.1. The van der Waals surface area contributed by atoms with E-state index in [1.807, 2.05) is 36.6 Å². The zero-order valence-corrected chi connectivity index (χ0v) is 16.7. The number of carbonyl (C=O) groups is 1. The van der Waals surface area contributed by atoms with Gasteiger partial charge in [-0.25, -0.2) is 4.98 Å². The molecule has 0 aliphatic rings. The van der Waals surface area contributed by atoms with Crippen molar-refractivity contribution in [3.63, 3.8) is 0 Å². The molecule has 7 nitrogen and oxygen atoms in total. The molecule has 2 aromatic heterocycles. The summed E-state index contributed by atoms with van der Waals surface area (Å²) in [5.41, 5.74) is 2.92. The molecule has 1 amide bonds. The van der Waals surface area contributed by atoms with Crippen LogP contribution in [0, 0.1) is 0 Å². The van der Waals surface area contributed by atoms with Crippen molar-refractivity contribution >= 4 is 40.3 Å². The van der Waals surface area contributed by atoms with E-state index in [-0.39, 0.29) is 5.91 Å². The van der Waals surface area contributed by atoms with Gasteiger partial charge in [-0.05, 0) is 42.7 Å². The summed E-state index contributed by atoms with van der Waals surface area (Å²) in [4.78, 5) is 24.8. The minimum Gasteiger partial charge on any atom is -0.457 e. The molecule has 0 aliphatic heterocycles. The van der Waals surface area contributed by atoms with Crippen molar-refractivity contribution < 1.29 is 9.53 Å². The van der Waals surface area contributed by atoms with Gasteiger partial charge < -0.3 is 20.4 Å². The van der Waals surface area contributed by atoms with Crippen LogP contribution in [0.5, 0.6) is 11.5 Å². The Balaban J connectivity index is 1.54. The molecule has 0 aliphatic carbocycles. The number of anilines is 2. The zero-order chi connectivity index (χ0) is 20.2. The summed E-state index contributed by atoms with van der Waals surface area (Å²) in [5.74, 6) is 1.55. The highest BCUT2D eigenvalue weighted by atomic mass is 32.2. The number of nitrogens with one attached hydrogen (secondary N) is 3. The van der Waals surface area contributed by atoms with Crippen LogP contribution in [0.15, 0.2) is 65.7 Å². The van der Waals surface area contributed by atoms with E-state index in [0.29, 0.717) is 23.1 Å². The van der Waals surface area contributed by atoms with Gasteiger partial charge in [-0.15, -0.1) is 11.8 Å². The molecule has 0 spiro atoms. The maximum atomic E-state index is 11.7. The molecule has 0 fully saturated rings. The van der Waals surface area contributed by atoms with Crippen LogP contribution >= 0.6 is 11.8 Å². The third kappa shape index (κ3) is 4.33. The molecule has 0 unspecified atom stereocenters. The number of H-pyrrole nitrogens is 1. The maximum absolute atomic E-state index is 11.7. The number of benzene rings is 2. The summed E-state index contributed by atoms with van der Waals surface area (Å²) in [6, 6.07) is 17.0.